The highest BCUT2D eigenvalue weighted by Crippen LogP contribution is 2.47. The molecule has 65 heavy (non-hydrogen) atoms. The molecule has 1 saturated carbocycles. The minimum absolute atomic E-state index is 0.0286. The number of phosphoric ester groups is 1. The Kier molecular flexibility index (Phi) is 35.8. The van der Waals surface area contributed by atoms with Crippen molar-refractivity contribution in [3.8, 4) is 0 Å². The zero-order valence-electron chi connectivity index (χ0n) is 39.2. The normalized spacial score (nSPS) is 22.9. The Morgan fingerprint density at radius 2 is 1.03 bits per heavy atom. The van der Waals surface area contributed by atoms with E-state index in [2.05, 4.69) is 56.4 Å². The first-order chi connectivity index (χ1) is 31.2. The molecule has 376 valence electrons. The van der Waals surface area contributed by atoms with Gasteiger partial charge in [-0.3, -0.25) is 18.6 Å². The summed E-state index contributed by atoms with van der Waals surface area (Å²) >= 11 is 0. The van der Waals surface area contributed by atoms with Crippen LogP contribution in [0, 0.1) is 0 Å². The molecule has 0 heterocycles. The largest absolute Gasteiger partial charge is 0.472 e. The van der Waals surface area contributed by atoms with E-state index in [9.17, 15) is 54.8 Å². The third-order valence-corrected chi connectivity index (χ3v) is 12.0. The third-order valence-electron chi connectivity index (χ3n) is 11.0. The van der Waals surface area contributed by atoms with Crippen molar-refractivity contribution in [1.82, 2.24) is 0 Å². The van der Waals surface area contributed by atoms with Gasteiger partial charge in [0, 0.05) is 12.8 Å². The van der Waals surface area contributed by atoms with Crippen molar-refractivity contribution in [3.63, 3.8) is 0 Å². The lowest BCUT2D eigenvalue weighted by atomic mass is 9.85. The fraction of sp³-hybridized carbons (Fsp3) is 0.755. The fourth-order valence-electron chi connectivity index (χ4n) is 7.02. The highest BCUT2D eigenvalue weighted by Gasteiger charge is 2.51. The zero-order chi connectivity index (χ0) is 48.1. The number of phosphoric acid groups is 1. The van der Waals surface area contributed by atoms with Gasteiger partial charge in [-0.1, -0.05) is 139 Å². The lowest BCUT2D eigenvalue weighted by molar-refractivity contribution is -0.220. The topological polar surface area (TPSA) is 250 Å². The number of hydrogen-bond acceptors (Lipinski definition) is 14. The second-order valence-corrected chi connectivity index (χ2v) is 18.3. The number of carbonyl (C=O) groups excluding carboxylic acids is 2. The van der Waals surface area contributed by atoms with E-state index in [0.29, 0.717) is 12.8 Å². The van der Waals surface area contributed by atoms with Crippen LogP contribution >= 0.6 is 7.82 Å². The molecule has 0 aromatic rings. The number of unbranched alkanes of at least 4 members (excludes halogenated alkanes) is 13. The Bertz CT molecular complexity index is 1400. The predicted octanol–water partition coefficient (Wildman–Crippen LogP) is 7.67. The van der Waals surface area contributed by atoms with Gasteiger partial charge in [0.05, 0.1) is 18.8 Å². The van der Waals surface area contributed by atoms with Gasteiger partial charge in [0.25, 0.3) is 0 Å². The van der Waals surface area contributed by atoms with Crippen molar-refractivity contribution in [2.45, 2.75) is 223 Å². The molecule has 0 aliphatic heterocycles. The summed E-state index contributed by atoms with van der Waals surface area (Å²) in [5.74, 6) is -1.39. The van der Waals surface area contributed by atoms with Crippen LogP contribution in [0.4, 0.5) is 0 Å². The van der Waals surface area contributed by atoms with Gasteiger partial charge in [-0.05, 0) is 77.0 Å². The smallest absolute Gasteiger partial charge is 0.462 e. The summed E-state index contributed by atoms with van der Waals surface area (Å²) in [7, 11) is -5.19. The summed E-state index contributed by atoms with van der Waals surface area (Å²) in [4.78, 5) is 35.8. The predicted molar refractivity (Wildman–Crippen MR) is 251 cm³/mol. The van der Waals surface area contributed by atoms with E-state index in [-0.39, 0.29) is 32.1 Å². The first-order valence-electron chi connectivity index (χ1n) is 24.3. The van der Waals surface area contributed by atoms with Crippen LogP contribution in [0.1, 0.15) is 168 Å². The van der Waals surface area contributed by atoms with Crippen molar-refractivity contribution < 1.29 is 73.3 Å². The number of allylic oxidation sites excluding steroid dienone is 9. The van der Waals surface area contributed by atoms with E-state index in [0.717, 1.165) is 70.6 Å². The summed E-state index contributed by atoms with van der Waals surface area (Å²) in [6.07, 6.45) is 25.6. The summed E-state index contributed by atoms with van der Waals surface area (Å²) in [6.45, 7) is 2.93. The average molecular weight is 945 g/mol. The maximum Gasteiger partial charge on any atom is 0.472 e. The minimum Gasteiger partial charge on any atom is -0.462 e. The van der Waals surface area contributed by atoms with Crippen LogP contribution in [0.15, 0.2) is 60.8 Å². The molecule has 10 atom stereocenters. The molecule has 0 bridgehead atoms. The average Bonchev–Trinajstić information content (AvgIpc) is 3.28. The number of rotatable bonds is 39. The van der Waals surface area contributed by atoms with E-state index in [4.69, 9.17) is 18.5 Å². The molecular weight excluding hydrogens is 859 g/mol. The van der Waals surface area contributed by atoms with Crippen LogP contribution in [0.3, 0.4) is 0 Å². The van der Waals surface area contributed by atoms with Crippen LogP contribution in [-0.4, -0.2) is 121 Å². The molecule has 1 aliphatic rings. The molecule has 1 rings (SSSR count). The molecule has 0 aromatic carbocycles. The second kappa shape index (κ2) is 38.4. The fourth-order valence-corrected chi connectivity index (χ4v) is 7.99. The van der Waals surface area contributed by atoms with Gasteiger partial charge in [0.15, 0.2) is 6.10 Å². The molecule has 3 unspecified atom stereocenters. The molecule has 0 spiro atoms. The maximum absolute atomic E-state index is 12.8. The van der Waals surface area contributed by atoms with Gasteiger partial charge in [-0.25, -0.2) is 4.57 Å². The van der Waals surface area contributed by atoms with Crippen molar-refractivity contribution >= 4 is 19.8 Å². The van der Waals surface area contributed by atoms with Crippen molar-refractivity contribution in [1.29, 1.82) is 0 Å². The van der Waals surface area contributed by atoms with E-state index in [1.54, 1.807) is 6.08 Å². The standard InChI is InChI=1S/C49H85O15P/c1-3-5-7-9-11-13-15-17-18-19-20-21-23-25-27-29-31-35-43(53)63-39(38-62-65(59,60)64-49-47(57)45(55)44(54)46(56)48(49)58)37-61-42(52)36-32-34-41(51)40(50)33-30-28-26-24-22-16-14-12-10-8-6-4-2/h6,8,12,14,17-18,22,24,28,30,39-41,44-51,54-58H,3-5,7,9-11,13,15-16,19-21,23,25-27,29,31-38H2,1-2H3,(H,59,60)/b8-6-,14-12-,18-17-,24-22-,30-28-/t39-,40+,41+,44?,45-,46+,47-,48-,49?/m1/s1. The van der Waals surface area contributed by atoms with Crippen LogP contribution in [0.5, 0.6) is 0 Å². The van der Waals surface area contributed by atoms with E-state index in [1.165, 1.54) is 38.5 Å². The molecule has 1 fully saturated rings. The first-order valence-corrected chi connectivity index (χ1v) is 25.8. The number of hydrogen-bond donors (Lipinski definition) is 8. The Labute approximate surface area is 388 Å². The van der Waals surface area contributed by atoms with Gasteiger partial charge in [-0.15, -0.1) is 0 Å². The Morgan fingerprint density at radius 1 is 0.554 bits per heavy atom. The number of carbonyl (C=O) groups is 2. The van der Waals surface area contributed by atoms with Gasteiger partial charge in [0.1, 0.15) is 43.2 Å². The number of esters is 2. The highest BCUT2D eigenvalue weighted by molar-refractivity contribution is 7.47. The van der Waals surface area contributed by atoms with Crippen LogP contribution in [0.2, 0.25) is 0 Å². The summed E-state index contributed by atoms with van der Waals surface area (Å²) < 4.78 is 33.4. The van der Waals surface area contributed by atoms with Crippen molar-refractivity contribution in [2.75, 3.05) is 13.2 Å². The van der Waals surface area contributed by atoms with Crippen LogP contribution < -0.4 is 0 Å². The quantitative estimate of drug-likeness (QED) is 0.0127. The second-order valence-electron chi connectivity index (χ2n) is 16.9. The van der Waals surface area contributed by atoms with Gasteiger partial charge in [0.2, 0.25) is 0 Å². The molecule has 0 saturated heterocycles. The Morgan fingerprint density at radius 3 is 1.58 bits per heavy atom. The first kappa shape index (κ1) is 60.5. The number of aliphatic hydroxyl groups is 7. The monoisotopic (exact) mass is 945 g/mol. The van der Waals surface area contributed by atoms with Crippen molar-refractivity contribution in [3.05, 3.63) is 60.8 Å². The Balaban J connectivity index is 2.55. The Hall–Kier alpha value is -2.53. The van der Waals surface area contributed by atoms with Gasteiger partial charge >= 0.3 is 19.8 Å². The molecule has 8 N–H and O–H groups in total. The van der Waals surface area contributed by atoms with Crippen LogP contribution in [0.25, 0.3) is 0 Å². The molecule has 1 aliphatic carbocycles. The maximum atomic E-state index is 12.8. The lowest BCUT2D eigenvalue weighted by Gasteiger charge is -2.41. The summed E-state index contributed by atoms with van der Waals surface area (Å²) in [5.41, 5.74) is 0. The molecule has 15 nitrogen and oxygen atoms in total. The van der Waals surface area contributed by atoms with Crippen molar-refractivity contribution in [2.24, 2.45) is 0 Å². The number of aliphatic hydroxyl groups excluding tert-OH is 7. The van der Waals surface area contributed by atoms with Gasteiger partial charge < -0.3 is 50.1 Å². The molecule has 0 aromatic heterocycles. The third kappa shape index (κ3) is 30.5. The SMILES string of the molecule is CC/C=C\C/C=C\C/C=C\C/C=C\C[C@H](O)[C@@H](O)CCCC(=O)OC[C@H](COP(=O)(O)OC1[C@H](O)[C@H](O)C(O)[C@H](O)[C@H]1O)OC(=O)CCCCCCCCC/C=C\CCCCCCCC. The molecule has 16 heteroatoms. The summed E-state index contributed by atoms with van der Waals surface area (Å²) in [5, 5.41) is 71.0. The zero-order valence-corrected chi connectivity index (χ0v) is 40.1. The molecular formula is C49H85O15P. The molecule has 0 amide bonds. The summed E-state index contributed by atoms with van der Waals surface area (Å²) in [6, 6.07) is 0. The van der Waals surface area contributed by atoms with E-state index < -0.39 is 87.9 Å². The van der Waals surface area contributed by atoms with E-state index >= 15 is 0 Å². The van der Waals surface area contributed by atoms with E-state index in [1.807, 2.05) is 12.2 Å². The van der Waals surface area contributed by atoms with Gasteiger partial charge in [-0.2, -0.15) is 0 Å². The highest BCUT2D eigenvalue weighted by atomic mass is 31.2. The molecule has 0 radical (unpaired) electrons. The van der Waals surface area contributed by atoms with Crippen LogP contribution in [-0.2, 0) is 32.7 Å². The number of ether oxygens (including phenoxy) is 2. The lowest BCUT2D eigenvalue weighted by Crippen LogP contribution is -2.64. The minimum atomic E-state index is -5.19.